The van der Waals surface area contributed by atoms with Crippen molar-refractivity contribution in [2.24, 2.45) is 5.73 Å². The van der Waals surface area contributed by atoms with Crippen LogP contribution in [0.25, 0.3) is 0 Å². The maximum absolute atomic E-state index is 12.3. The molecule has 2 atom stereocenters. The highest BCUT2D eigenvalue weighted by Gasteiger charge is 2.25. The number of rotatable bonds is 28. The zero-order valence-corrected chi connectivity index (χ0v) is 25.1. The van der Waals surface area contributed by atoms with Gasteiger partial charge in [0.25, 0.3) is 0 Å². The van der Waals surface area contributed by atoms with Gasteiger partial charge in [0, 0.05) is 19.4 Å². The molecule has 0 aliphatic carbocycles. The lowest BCUT2D eigenvalue weighted by molar-refractivity contribution is -0.161. The van der Waals surface area contributed by atoms with Gasteiger partial charge >= 0.3 is 19.8 Å². The number of nitrogens with two attached hydrogens (primary N) is 1. The molecular weight excluding hydrogens is 509 g/mol. The van der Waals surface area contributed by atoms with E-state index in [9.17, 15) is 19.0 Å². The van der Waals surface area contributed by atoms with Crippen LogP contribution in [-0.2, 0) is 32.7 Å². The standard InChI is InChI=1S/C28H56NO8P/c1-3-5-7-8-9-10-11-12-13-14-15-16-17-19-21-28(31)37-26(24-34-27(30)20-18-6-4-2)25-36-38(32,33)35-23-22-29/h26H,3-25,29H2,1-2H3,(H,32,33). The molecule has 3 N–H and O–H groups in total. The molecule has 38 heavy (non-hydrogen) atoms. The first-order valence-electron chi connectivity index (χ1n) is 15.0. The van der Waals surface area contributed by atoms with Gasteiger partial charge in [-0.3, -0.25) is 18.6 Å². The summed E-state index contributed by atoms with van der Waals surface area (Å²) in [5.74, 6) is -0.853. The monoisotopic (exact) mass is 565 g/mol. The van der Waals surface area contributed by atoms with Crippen molar-refractivity contribution < 1.29 is 37.6 Å². The minimum absolute atomic E-state index is 0.0564. The Hall–Kier alpha value is -0.990. The van der Waals surface area contributed by atoms with Crippen molar-refractivity contribution in [2.75, 3.05) is 26.4 Å². The highest BCUT2D eigenvalue weighted by atomic mass is 31.2. The molecule has 0 aliphatic heterocycles. The molecule has 2 unspecified atom stereocenters. The van der Waals surface area contributed by atoms with Crippen molar-refractivity contribution in [3.63, 3.8) is 0 Å². The van der Waals surface area contributed by atoms with E-state index in [0.29, 0.717) is 12.8 Å². The second-order valence-electron chi connectivity index (χ2n) is 9.98. The summed E-state index contributed by atoms with van der Waals surface area (Å²) in [6.07, 6.45) is 19.3. The van der Waals surface area contributed by atoms with Crippen LogP contribution in [0.4, 0.5) is 0 Å². The minimum Gasteiger partial charge on any atom is -0.462 e. The number of phosphoric ester groups is 1. The van der Waals surface area contributed by atoms with E-state index in [1.165, 1.54) is 70.6 Å². The number of hydrogen-bond donors (Lipinski definition) is 2. The van der Waals surface area contributed by atoms with Crippen molar-refractivity contribution in [3.05, 3.63) is 0 Å². The van der Waals surface area contributed by atoms with E-state index in [1.54, 1.807) is 0 Å². The van der Waals surface area contributed by atoms with Gasteiger partial charge in [0.15, 0.2) is 6.10 Å². The Labute approximate surface area is 231 Å². The van der Waals surface area contributed by atoms with E-state index < -0.39 is 32.5 Å². The summed E-state index contributed by atoms with van der Waals surface area (Å²) >= 11 is 0. The van der Waals surface area contributed by atoms with Crippen LogP contribution in [0.5, 0.6) is 0 Å². The summed E-state index contributed by atoms with van der Waals surface area (Å²) in [5, 5.41) is 0. The highest BCUT2D eigenvalue weighted by Crippen LogP contribution is 2.43. The lowest BCUT2D eigenvalue weighted by Crippen LogP contribution is -2.29. The molecule has 0 amide bonds. The summed E-state index contributed by atoms with van der Waals surface area (Å²) in [6.45, 7) is 3.52. The Morgan fingerprint density at radius 3 is 1.66 bits per heavy atom. The summed E-state index contributed by atoms with van der Waals surface area (Å²) in [7, 11) is -4.34. The maximum Gasteiger partial charge on any atom is 0.472 e. The van der Waals surface area contributed by atoms with Crippen LogP contribution in [0.2, 0.25) is 0 Å². The molecule has 226 valence electrons. The van der Waals surface area contributed by atoms with E-state index in [-0.39, 0.29) is 32.6 Å². The van der Waals surface area contributed by atoms with E-state index in [1.807, 2.05) is 6.92 Å². The quantitative estimate of drug-likeness (QED) is 0.0585. The lowest BCUT2D eigenvalue weighted by Gasteiger charge is -2.19. The van der Waals surface area contributed by atoms with Gasteiger partial charge < -0.3 is 20.1 Å². The van der Waals surface area contributed by atoms with Gasteiger partial charge in [0.05, 0.1) is 13.2 Å². The predicted octanol–water partition coefficient (Wildman–Crippen LogP) is 6.99. The number of carbonyl (C=O) groups excluding carboxylic acids is 2. The van der Waals surface area contributed by atoms with Crippen LogP contribution in [0.1, 0.15) is 136 Å². The number of hydrogen-bond acceptors (Lipinski definition) is 8. The summed E-state index contributed by atoms with van der Waals surface area (Å²) < 4.78 is 32.1. The molecule has 0 heterocycles. The topological polar surface area (TPSA) is 134 Å². The second kappa shape index (κ2) is 26.2. The SMILES string of the molecule is CCCCCCCCCCCCCCCCC(=O)OC(COC(=O)CCCCC)COP(=O)(O)OCCN. The number of ether oxygens (including phenoxy) is 2. The Balaban J connectivity index is 4.13. The summed E-state index contributed by atoms with van der Waals surface area (Å²) in [4.78, 5) is 34.0. The highest BCUT2D eigenvalue weighted by molar-refractivity contribution is 7.47. The van der Waals surface area contributed by atoms with Gasteiger partial charge in [0.1, 0.15) is 6.61 Å². The number of esters is 2. The Morgan fingerprint density at radius 1 is 0.684 bits per heavy atom. The fourth-order valence-corrected chi connectivity index (χ4v) is 4.75. The third-order valence-electron chi connectivity index (χ3n) is 6.24. The zero-order chi connectivity index (χ0) is 28.3. The maximum atomic E-state index is 12.3. The predicted molar refractivity (Wildman–Crippen MR) is 151 cm³/mol. The summed E-state index contributed by atoms with van der Waals surface area (Å²) in [6, 6.07) is 0. The van der Waals surface area contributed by atoms with E-state index in [2.05, 4.69) is 6.92 Å². The van der Waals surface area contributed by atoms with Crippen molar-refractivity contribution in [3.8, 4) is 0 Å². The fourth-order valence-electron chi connectivity index (χ4n) is 3.98. The van der Waals surface area contributed by atoms with Crippen molar-refractivity contribution >= 4 is 19.8 Å². The smallest absolute Gasteiger partial charge is 0.462 e. The Kier molecular flexibility index (Phi) is 25.6. The third-order valence-corrected chi connectivity index (χ3v) is 7.23. The average Bonchev–Trinajstić information content (AvgIpc) is 2.89. The first-order valence-corrected chi connectivity index (χ1v) is 16.5. The average molecular weight is 566 g/mol. The molecule has 0 aliphatic rings. The minimum atomic E-state index is -4.34. The van der Waals surface area contributed by atoms with Crippen molar-refractivity contribution in [2.45, 2.75) is 142 Å². The summed E-state index contributed by atoms with van der Waals surface area (Å²) in [5.41, 5.74) is 5.28. The second-order valence-corrected chi connectivity index (χ2v) is 11.4. The van der Waals surface area contributed by atoms with E-state index in [4.69, 9.17) is 24.3 Å². The molecule has 0 radical (unpaired) electrons. The van der Waals surface area contributed by atoms with Gasteiger partial charge in [-0.15, -0.1) is 0 Å². The molecule has 0 fully saturated rings. The van der Waals surface area contributed by atoms with E-state index in [0.717, 1.165) is 25.7 Å². The molecule has 0 bridgehead atoms. The Morgan fingerprint density at radius 2 is 1.13 bits per heavy atom. The van der Waals surface area contributed by atoms with Crippen LogP contribution < -0.4 is 5.73 Å². The number of unbranched alkanes of at least 4 members (excludes halogenated alkanes) is 15. The first kappa shape index (κ1) is 37.0. The van der Waals surface area contributed by atoms with Crippen LogP contribution >= 0.6 is 7.82 Å². The number of carbonyl (C=O) groups is 2. The van der Waals surface area contributed by atoms with Crippen LogP contribution in [-0.4, -0.2) is 49.3 Å². The lowest BCUT2D eigenvalue weighted by atomic mass is 10.0. The first-order chi connectivity index (χ1) is 18.3. The van der Waals surface area contributed by atoms with Crippen molar-refractivity contribution in [1.29, 1.82) is 0 Å². The van der Waals surface area contributed by atoms with Crippen LogP contribution in [0.3, 0.4) is 0 Å². The van der Waals surface area contributed by atoms with Gasteiger partial charge in [-0.25, -0.2) is 4.57 Å². The molecule has 0 saturated heterocycles. The molecule has 9 nitrogen and oxygen atoms in total. The van der Waals surface area contributed by atoms with Gasteiger partial charge in [-0.05, 0) is 12.8 Å². The normalized spacial score (nSPS) is 13.7. The van der Waals surface area contributed by atoms with Crippen LogP contribution in [0, 0.1) is 0 Å². The molecule has 0 aromatic carbocycles. The van der Waals surface area contributed by atoms with Gasteiger partial charge in [-0.2, -0.15) is 0 Å². The molecule has 0 spiro atoms. The van der Waals surface area contributed by atoms with E-state index >= 15 is 0 Å². The molecule has 10 heteroatoms. The molecule has 0 aromatic rings. The molecule has 0 saturated carbocycles. The van der Waals surface area contributed by atoms with Crippen molar-refractivity contribution in [1.82, 2.24) is 0 Å². The molecule has 0 rings (SSSR count). The largest absolute Gasteiger partial charge is 0.472 e. The fraction of sp³-hybridized carbons (Fsp3) is 0.929. The number of phosphoric acid groups is 1. The van der Waals surface area contributed by atoms with Crippen LogP contribution in [0.15, 0.2) is 0 Å². The van der Waals surface area contributed by atoms with Gasteiger partial charge in [-0.1, -0.05) is 110 Å². The Bertz CT molecular complexity index is 620. The van der Waals surface area contributed by atoms with Gasteiger partial charge in [0.2, 0.25) is 0 Å². The third kappa shape index (κ3) is 25.3. The molecule has 0 aromatic heterocycles. The molecular formula is C28H56NO8P. The zero-order valence-electron chi connectivity index (χ0n) is 24.2.